The number of methoxy groups -OCH3 is 1. The molecule has 1 heterocycles. The average molecular weight is 465 g/mol. The number of sulfonamides is 1. The van der Waals surface area contributed by atoms with Gasteiger partial charge in [-0.3, -0.25) is 9.10 Å². The van der Waals surface area contributed by atoms with Crippen molar-refractivity contribution in [2.24, 2.45) is 0 Å². The van der Waals surface area contributed by atoms with E-state index < -0.39 is 16.0 Å². The van der Waals surface area contributed by atoms with Crippen LogP contribution in [0.25, 0.3) is 0 Å². The third kappa shape index (κ3) is 4.75. The molecule has 0 saturated carbocycles. The first-order chi connectivity index (χ1) is 15.9. The van der Waals surface area contributed by atoms with Crippen LogP contribution in [0.4, 0.5) is 5.69 Å². The average Bonchev–Trinajstić information content (AvgIpc) is 2.86. The van der Waals surface area contributed by atoms with E-state index in [9.17, 15) is 18.0 Å². The molecule has 7 nitrogen and oxygen atoms in total. The van der Waals surface area contributed by atoms with Crippen LogP contribution in [0.2, 0.25) is 0 Å². The number of nitrogens with one attached hydrogen (secondary N) is 1. The summed E-state index contributed by atoms with van der Waals surface area (Å²) < 4.78 is 32.8. The number of rotatable bonds is 6. The Morgan fingerprint density at radius 2 is 1.73 bits per heavy atom. The lowest BCUT2D eigenvalue weighted by atomic mass is 10.0. The number of carbonyl (C=O) groups is 2. The van der Waals surface area contributed by atoms with Crippen molar-refractivity contribution in [3.05, 3.63) is 95.1 Å². The molecule has 1 aliphatic rings. The molecule has 0 aliphatic carbocycles. The van der Waals surface area contributed by atoms with E-state index in [1.54, 1.807) is 36.4 Å². The maximum atomic E-state index is 13.4. The molecule has 3 aromatic carbocycles. The van der Waals surface area contributed by atoms with Crippen LogP contribution >= 0.6 is 0 Å². The first kappa shape index (κ1) is 22.5. The summed E-state index contributed by atoms with van der Waals surface area (Å²) in [4.78, 5) is 24.3. The molecule has 0 spiro atoms. The molecule has 1 amide bonds. The lowest BCUT2D eigenvalue weighted by molar-refractivity contribution is 0.0600. The number of nitrogens with zero attached hydrogens (tertiary/aromatic N) is 1. The summed E-state index contributed by atoms with van der Waals surface area (Å²) in [6, 6.07) is 20.2. The van der Waals surface area contributed by atoms with E-state index in [1.807, 2.05) is 24.3 Å². The minimum absolute atomic E-state index is 0.0780. The second-order valence-electron chi connectivity index (χ2n) is 7.71. The summed E-state index contributed by atoms with van der Waals surface area (Å²) in [6.45, 7) is 0.633. The van der Waals surface area contributed by atoms with Gasteiger partial charge in [0, 0.05) is 18.7 Å². The molecular formula is C25H24N2O5S. The molecule has 0 radical (unpaired) electrons. The minimum Gasteiger partial charge on any atom is -0.465 e. The van der Waals surface area contributed by atoms with Gasteiger partial charge in [-0.25, -0.2) is 13.2 Å². The molecular weight excluding hydrogens is 440 g/mol. The van der Waals surface area contributed by atoms with E-state index in [-0.39, 0.29) is 22.9 Å². The van der Waals surface area contributed by atoms with E-state index in [4.69, 9.17) is 0 Å². The number of amides is 1. The first-order valence-corrected chi connectivity index (χ1v) is 12.0. The molecule has 3 aromatic rings. The van der Waals surface area contributed by atoms with Crippen molar-refractivity contribution in [3.63, 3.8) is 0 Å². The number of hydrogen-bond donors (Lipinski definition) is 1. The van der Waals surface area contributed by atoms with Crippen LogP contribution in [0.15, 0.2) is 77.7 Å². The molecule has 170 valence electrons. The van der Waals surface area contributed by atoms with Gasteiger partial charge in [0.15, 0.2) is 0 Å². The number of carbonyl (C=O) groups excluding carboxylic acids is 2. The molecule has 0 aromatic heterocycles. The van der Waals surface area contributed by atoms with Gasteiger partial charge in [-0.05, 0) is 60.4 Å². The smallest absolute Gasteiger partial charge is 0.337 e. The van der Waals surface area contributed by atoms with E-state index in [0.29, 0.717) is 17.8 Å². The Labute approximate surface area is 193 Å². The van der Waals surface area contributed by atoms with Gasteiger partial charge in [0.25, 0.3) is 15.9 Å². The van der Waals surface area contributed by atoms with Gasteiger partial charge in [0.1, 0.15) is 0 Å². The summed E-state index contributed by atoms with van der Waals surface area (Å²) in [7, 11) is -2.49. The summed E-state index contributed by atoms with van der Waals surface area (Å²) >= 11 is 0. The second-order valence-corrected chi connectivity index (χ2v) is 9.57. The zero-order valence-electron chi connectivity index (χ0n) is 18.2. The van der Waals surface area contributed by atoms with Crippen molar-refractivity contribution in [2.45, 2.75) is 24.3 Å². The van der Waals surface area contributed by atoms with Crippen molar-refractivity contribution in [1.82, 2.24) is 5.32 Å². The van der Waals surface area contributed by atoms with Crippen molar-refractivity contribution in [1.29, 1.82) is 0 Å². The molecule has 0 saturated heterocycles. The Balaban J connectivity index is 1.50. The Kier molecular flexibility index (Phi) is 6.46. The van der Waals surface area contributed by atoms with Gasteiger partial charge in [-0.1, -0.05) is 36.4 Å². The Hall–Kier alpha value is -3.65. The SMILES string of the molecule is COC(=O)c1ccc(CNC(=O)c2cccc(S(=O)(=O)N3CCCc4ccccc43)c2)cc1. The predicted octanol–water partition coefficient (Wildman–Crippen LogP) is 3.54. The number of aryl methyl sites for hydroxylation is 1. The highest BCUT2D eigenvalue weighted by Crippen LogP contribution is 2.31. The maximum Gasteiger partial charge on any atom is 0.337 e. The number of ether oxygens (including phenoxy) is 1. The van der Waals surface area contributed by atoms with Crippen molar-refractivity contribution < 1.29 is 22.7 Å². The van der Waals surface area contributed by atoms with E-state index in [1.165, 1.54) is 23.5 Å². The van der Waals surface area contributed by atoms with E-state index >= 15 is 0 Å². The summed E-state index contributed by atoms with van der Waals surface area (Å²) in [5.41, 5.74) is 3.16. The maximum absolute atomic E-state index is 13.4. The number of benzene rings is 3. The van der Waals surface area contributed by atoms with Gasteiger partial charge in [0.2, 0.25) is 0 Å². The van der Waals surface area contributed by atoms with Gasteiger partial charge >= 0.3 is 5.97 Å². The summed E-state index contributed by atoms with van der Waals surface area (Å²) in [5, 5.41) is 2.79. The molecule has 33 heavy (non-hydrogen) atoms. The zero-order chi connectivity index (χ0) is 23.4. The number of para-hydroxylation sites is 1. The number of esters is 1. The summed E-state index contributed by atoms with van der Waals surface area (Å²) in [6.07, 6.45) is 1.58. The zero-order valence-corrected chi connectivity index (χ0v) is 19.0. The lowest BCUT2D eigenvalue weighted by Crippen LogP contribution is -2.35. The predicted molar refractivity (Wildman–Crippen MR) is 125 cm³/mol. The first-order valence-electron chi connectivity index (χ1n) is 10.6. The fourth-order valence-electron chi connectivity index (χ4n) is 3.83. The van der Waals surface area contributed by atoms with Gasteiger partial charge in [-0.15, -0.1) is 0 Å². The quantitative estimate of drug-likeness (QED) is 0.564. The Bertz CT molecular complexity index is 1290. The third-order valence-corrected chi connectivity index (χ3v) is 7.39. The molecule has 4 rings (SSSR count). The fourth-order valence-corrected chi connectivity index (χ4v) is 5.42. The highest BCUT2D eigenvalue weighted by molar-refractivity contribution is 7.92. The topological polar surface area (TPSA) is 92.8 Å². The van der Waals surface area contributed by atoms with Crippen LogP contribution in [-0.2, 0) is 27.7 Å². The van der Waals surface area contributed by atoms with Gasteiger partial charge in [0.05, 0.1) is 23.3 Å². The molecule has 0 fully saturated rings. The molecule has 0 bridgehead atoms. The third-order valence-electron chi connectivity index (χ3n) is 5.58. The Morgan fingerprint density at radius 1 is 0.970 bits per heavy atom. The minimum atomic E-state index is -3.80. The molecule has 0 unspecified atom stereocenters. The number of fused-ring (bicyclic) bond motifs is 1. The van der Waals surface area contributed by atoms with Crippen molar-refractivity contribution in [2.75, 3.05) is 18.0 Å². The number of anilines is 1. The van der Waals surface area contributed by atoms with Crippen LogP contribution in [0, 0.1) is 0 Å². The largest absolute Gasteiger partial charge is 0.465 e. The van der Waals surface area contributed by atoms with E-state index in [0.717, 1.165) is 24.0 Å². The van der Waals surface area contributed by atoms with Crippen LogP contribution in [-0.4, -0.2) is 33.9 Å². The highest BCUT2D eigenvalue weighted by Gasteiger charge is 2.29. The monoisotopic (exact) mass is 464 g/mol. The van der Waals surface area contributed by atoms with Crippen LogP contribution in [0.1, 0.15) is 38.3 Å². The van der Waals surface area contributed by atoms with E-state index in [2.05, 4.69) is 10.1 Å². The molecule has 8 heteroatoms. The second kappa shape index (κ2) is 9.46. The van der Waals surface area contributed by atoms with Gasteiger partial charge < -0.3 is 10.1 Å². The van der Waals surface area contributed by atoms with Crippen LogP contribution in [0.3, 0.4) is 0 Å². The van der Waals surface area contributed by atoms with Gasteiger partial charge in [-0.2, -0.15) is 0 Å². The molecule has 1 N–H and O–H groups in total. The lowest BCUT2D eigenvalue weighted by Gasteiger charge is -2.30. The van der Waals surface area contributed by atoms with Crippen LogP contribution < -0.4 is 9.62 Å². The molecule has 0 atom stereocenters. The highest BCUT2D eigenvalue weighted by atomic mass is 32.2. The summed E-state index contributed by atoms with van der Waals surface area (Å²) in [5.74, 6) is -0.817. The Morgan fingerprint density at radius 3 is 2.48 bits per heavy atom. The van der Waals surface area contributed by atoms with Crippen molar-refractivity contribution >= 4 is 27.6 Å². The van der Waals surface area contributed by atoms with Crippen LogP contribution in [0.5, 0.6) is 0 Å². The normalized spacial score (nSPS) is 13.2. The molecule has 1 aliphatic heterocycles. The van der Waals surface area contributed by atoms with Crippen molar-refractivity contribution in [3.8, 4) is 0 Å². The standard InChI is InChI=1S/C25H24N2O5S/c1-32-25(29)20-13-11-18(12-14-20)17-26-24(28)21-7-4-9-22(16-21)33(30,31)27-15-5-8-19-6-2-3-10-23(19)27/h2-4,6-7,9-14,16H,5,8,15,17H2,1H3,(H,26,28). The fraction of sp³-hybridized carbons (Fsp3) is 0.200. The number of hydrogen-bond acceptors (Lipinski definition) is 5.